The number of unbranched alkanes of at least 4 members (excludes halogenated alkanes) is 2. The van der Waals surface area contributed by atoms with Gasteiger partial charge < -0.3 is 10.1 Å². The van der Waals surface area contributed by atoms with Crippen molar-refractivity contribution in [3.05, 3.63) is 0 Å². The molecule has 100 valence electrons. The first-order valence-electron chi connectivity index (χ1n) is 6.28. The Bertz CT molecular complexity index is 256. The Morgan fingerprint density at radius 1 is 1.24 bits per heavy atom. The van der Waals surface area contributed by atoms with Gasteiger partial charge in [0.1, 0.15) is 11.6 Å². The molecule has 0 unspecified atom stereocenters. The maximum absolute atomic E-state index is 11.6. The number of carbonyl (C=O) groups excluding carboxylic acids is 2. The van der Waals surface area contributed by atoms with Gasteiger partial charge >= 0.3 is 5.97 Å². The molecule has 0 aromatic heterocycles. The summed E-state index contributed by atoms with van der Waals surface area (Å²) in [5.74, 6) is -0.474. The lowest BCUT2D eigenvalue weighted by Gasteiger charge is -2.22. The third kappa shape index (κ3) is 8.72. The second-order valence-corrected chi connectivity index (χ2v) is 5.28. The SMILES string of the molecule is CCCCCC(=O)N[C@H](C)C(=O)OC(C)(C)C. The van der Waals surface area contributed by atoms with Crippen LogP contribution in [0.3, 0.4) is 0 Å². The van der Waals surface area contributed by atoms with Gasteiger partial charge in [-0.15, -0.1) is 0 Å². The fraction of sp³-hybridized carbons (Fsp3) is 0.846. The minimum atomic E-state index is -0.580. The highest BCUT2D eigenvalue weighted by molar-refractivity contribution is 5.84. The minimum Gasteiger partial charge on any atom is -0.458 e. The first-order valence-corrected chi connectivity index (χ1v) is 6.28. The van der Waals surface area contributed by atoms with E-state index in [1.165, 1.54) is 0 Å². The summed E-state index contributed by atoms with van der Waals surface area (Å²) >= 11 is 0. The van der Waals surface area contributed by atoms with Crippen LogP contribution in [0.4, 0.5) is 0 Å². The van der Waals surface area contributed by atoms with E-state index >= 15 is 0 Å². The van der Waals surface area contributed by atoms with E-state index in [-0.39, 0.29) is 11.9 Å². The third-order valence-corrected chi connectivity index (χ3v) is 2.15. The zero-order valence-electron chi connectivity index (χ0n) is 11.6. The lowest BCUT2D eigenvalue weighted by Crippen LogP contribution is -2.42. The molecule has 0 radical (unpaired) electrons. The maximum Gasteiger partial charge on any atom is 0.328 e. The number of nitrogens with one attached hydrogen (secondary N) is 1. The molecule has 1 atom stereocenters. The molecule has 0 aliphatic heterocycles. The Morgan fingerprint density at radius 2 is 1.82 bits per heavy atom. The van der Waals surface area contributed by atoms with Crippen LogP contribution in [0.25, 0.3) is 0 Å². The van der Waals surface area contributed by atoms with Gasteiger partial charge in [0.25, 0.3) is 0 Å². The Hall–Kier alpha value is -1.06. The highest BCUT2D eigenvalue weighted by Gasteiger charge is 2.22. The standard InChI is InChI=1S/C13H25NO3/c1-6-7-8-9-11(15)14-10(2)12(16)17-13(3,4)5/h10H,6-9H2,1-5H3,(H,14,15)/t10-/m1/s1. The number of hydrogen-bond acceptors (Lipinski definition) is 3. The number of hydrogen-bond donors (Lipinski definition) is 1. The van der Waals surface area contributed by atoms with Crippen molar-refractivity contribution in [1.29, 1.82) is 0 Å². The number of carbonyl (C=O) groups is 2. The van der Waals surface area contributed by atoms with E-state index in [0.29, 0.717) is 6.42 Å². The second kappa shape index (κ2) is 7.30. The summed E-state index contributed by atoms with van der Waals surface area (Å²) in [5, 5.41) is 2.65. The van der Waals surface area contributed by atoms with Gasteiger partial charge in [0.15, 0.2) is 0 Å². The molecule has 0 spiro atoms. The smallest absolute Gasteiger partial charge is 0.328 e. The molecular weight excluding hydrogens is 218 g/mol. The normalized spacial score (nSPS) is 13.0. The van der Waals surface area contributed by atoms with Gasteiger partial charge in [-0.25, -0.2) is 4.79 Å². The first kappa shape index (κ1) is 15.9. The summed E-state index contributed by atoms with van der Waals surface area (Å²) in [7, 11) is 0. The van der Waals surface area contributed by atoms with Crippen molar-refractivity contribution < 1.29 is 14.3 Å². The lowest BCUT2D eigenvalue weighted by atomic mass is 10.2. The highest BCUT2D eigenvalue weighted by Crippen LogP contribution is 2.08. The van der Waals surface area contributed by atoms with Gasteiger partial charge in [-0.1, -0.05) is 19.8 Å². The molecule has 0 aliphatic rings. The molecule has 0 aromatic rings. The topological polar surface area (TPSA) is 55.4 Å². The van der Waals surface area contributed by atoms with Crippen LogP contribution in [0, 0.1) is 0 Å². The fourth-order valence-corrected chi connectivity index (χ4v) is 1.30. The van der Waals surface area contributed by atoms with E-state index in [0.717, 1.165) is 19.3 Å². The number of esters is 1. The number of ether oxygens (including phenoxy) is 1. The van der Waals surface area contributed by atoms with Gasteiger partial charge in [0.05, 0.1) is 0 Å². The largest absolute Gasteiger partial charge is 0.458 e. The average Bonchev–Trinajstić information content (AvgIpc) is 2.15. The molecule has 0 rings (SSSR count). The molecule has 0 saturated heterocycles. The predicted molar refractivity (Wildman–Crippen MR) is 67.6 cm³/mol. The highest BCUT2D eigenvalue weighted by atomic mass is 16.6. The summed E-state index contributed by atoms with van der Waals surface area (Å²) in [6.45, 7) is 9.15. The van der Waals surface area contributed by atoms with Crippen molar-refractivity contribution in [1.82, 2.24) is 5.32 Å². The average molecular weight is 243 g/mol. The monoisotopic (exact) mass is 243 g/mol. The molecule has 1 N–H and O–H groups in total. The molecule has 0 aliphatic carbocycles. The summed E-state index contributed by atoms with van der Waals surface area (Å²) in [6.07, 6.45) is 3.45. The molecule has 0 heterocycles. The minimum absolute atomic E-state index is 0.0863. The summed E-state index contributed by atoms with van der Waals surface area (Å²) < 4.78 is 5.17. The van der Waals surface area contributed by atoms with E-state index in [2.05, 4.69) is 12.2 Å². The molecule has 0 saturated carbocycles. The Morgan fingerprint density at radius 3 is 2.29 bits per heavy atom. The van der Waals surface area contributed by atoms with Crippen LogP contribution in [-0.2, 0) is 14.3 Å². The number of amides is 1. The first-order chi connectivity index (χ1) is 7.76. The second-order valence-electron chi connectivity index (χ2n) is 5.28. The van der Waals surface area contributed by atoms with Gasteiger partial charge in [-0.05, 0) is 34.1 Å². The van der Waals surface area contributed by atoms with Crippen molar-refractivity contribution >= 4 is 11.9 Å². The Labute approximate surface area is 104 Å². The summed E-state index contributed by atoms with van der Waals surface area (Å²) in [4.78, 5) is 23.1. The third-order valence-electron chi connectivity index (χ3n) is 2.15. The predicted octanol–water partition coefficient (Wildman–Crippen LogP) is 2.41. The number of rotatable bonds is 6. The van der Waals surface area contributed by atoms with Gasteiger partial charge in [0, 0.05) is 6.42 Å². The molecule has 4 nitrogen and oxygen atoms in total. The Kier molecular flexibility index (Phi) is 6.85. The summed E-state index contributed by atoms with van der Waals surface area (Å²) in [5.41, 5.74) is -0.516. The molecule has 0 fully saturated rings. The van der Waals surface area contributed by atoms with Crippen LogP contribution in [0.15, 0.2) is 0 Å². The fourth-order valence-electron chi connectivity index (χ4n) is 1.30. The van der Waals surface area contributed by atoms with E-state index in [1.807, 2.05) is 0 Å². The van der Waals surface area contributed by atoms with Crippen LogP contribution in [0.1, 0.15) is 60.3 Å². The summed E-state index contributed by atoms with van der Waals surface area (Å²) in [6, 6.07) is -0.580. The zero-order chi connectivity index (χ0) is 13.5. The molecule has 4 heteroatoms. The zero-order valence-corrected chi connectivity index (χ0v) is 11.6. The van der Waals surface area contributed by atoms with Crippen LogP contribution in [0.5, 0.6) is 0 Å². The maximum atomic E-state index is 11.6. The van der Waals surface area contributed by atoms with Crippen molar-refractivity contribution in [2.75, 3.05) is 0 Å². The molecule has 17 heavy (non-hydrogen) atoms. The molecule has 0 bridgehead atoms. The van der Waals surface area contributed by atoms with Crippen molar-refractivity contribution in [3.8, 4) is 0 Å². The van der Waals surface area contributed by atoms with Crippen LogP contribution in [0.2, 0.25) is 0 Å². The lowest BCUT2D eigenvalue weighted by molar-refractivity contribution is -0.158. The van der Waals surface area contributed by atoms with Crippen LogP contribution < -0.4 is 5.32 Å². The molecule has 0 aromatic carbocycles. The van der Waals surface area contributed by atoms with Gasteiger partial charge in [0.2, 0.25) is 5.91 Å². The van der Waals surface area contributed by atoms with Gasteiger partial charge in [-0.3, -0.25) is 4.79 Å². The molecule has 1 amide bonds. The molecular formula is C13H25NO3. The van der Waals surface area contributed by atoms with E-state index < -0.39 is 11.6 Å². The van der Waals surface area contributed by atoms with E-state index in [1.54, 1.807) is 27.7 Å². The van der Waals surface area contributed by atoms with Crippen LogP contribution >= 0.6 is 0 Å². The van der Waals surface area contributed by atoms with E-state index in [9.17, 15) is 9.59 Å². The Balaban J connectivity index is 3.95. The quantitative estimate of drug-likeness (QED) is 0.575. The van der Waals surface area contributed by atoms with Gasteiger partial charge in [-0.2, -0.15) is 0 Å². The van der Waals surface area contributed by atoms with Crippen molar-refractivity contribution in [2.24, 2.45) is 0 Å². The van der Waals surface area contributed by atoms with E-state index in [4.69, 9.17) is 4.74 Å². The van der Waals surface area contributed by atoms with Crippen molar-refractivity contribution in [2.45, 2.75) is 71.9 Å². The van der Waals surface area contributed by atoms with Crippen LogP contribution in [-0.4, -0.2) is 23.5 Å². The van der Waals surface area contributed by atoms with Crippen molar-refractivity contribution in [3.63, 3.8) is 0 Å².